The molecule has 0 aromatic carbocycles. The third-order valence-electron chi connectivity index (χ3n) is 10.3. The van der Waals surface area contributed by atoms with Gasteiger partial charge in [0.2, 0.25) is 0 Å². The molecule has 4 aliphatic carbocycles. The van der Waals surface area contributed by atoms with Gasteiger partial charge in [-0.25, -0.2) is 0 Å². The molecule has 0 aliphatic heterocycles. The lowest BCUT2D eigenvalue weighted by Crippen LogP contribution is -2.51. The van der Waals surface area contributed by atoms with Crippen molar-refractivity contribution in [3.05, 3.63) is 11.6 Å². The molecule has 0 N–H and O–H groups in total. The summed E-state index contributed by atoms with van der Waals surface area (Å²) in [6, 6.07) is 0. The van der Waals surface area contributed by atoms with E-state index in [1.807, 2.05) is 0 Å². The Bertz CT molecular complexity index is 695. The number of carbonyl (C=O) groups is 1. The van der Waals surface area contributed by atoms with Gasteiger partial charge in [0.25, 0.3) is 0 Å². The van der Waals surface area contributed by atoms with Crippen LogP contribution >= 0.6 is 0 Å². The molecule has 0 heterocycles. The van der Waals surface area contributed by atoms with Crippen LogP contribution in [0, 0.1) is 40.4 Å². The second kappa shape index (κ2) is 7.33. The van der Waals surface area contributed by atoms with Crippen LogP contribution in [0.15, 0.2) is 11.6 Å². The van der Waals surface area contributed by atoms with E-state index in [0.717, 1.165) is 31.1 Å². The Kier molecular flexibility index (Phi) is 5.51. The summed E-state index contributed by atoms with van der Waals surface area (Å²) in [7, 11) is -0.526. The number of rotatable bonds is 4. The summed E-state index contributed by atoms with van der Waals surface area (Å²) in [5.41, 5.74) is 2.02. The summed E-state index contributed by atoms with van der Waals surface area (Å²) in [5, 5.41) is 0.381. The normalized spacial score (nSPS) is 45.3. The Labute approximate surface area is 181 Å². The Hall–Kier alpha value is -0.413. The molecule has 7 atom stereocenters. The molecular weight excluding hydrogens is 372 g/mol. The quantitative estimate of drug-likeness (QED) is 0.409. The van der Waals surface area contributed by atoms with Crippen molar-refractivity contribution in [1.82, 2.24) is 0 Å². The average molecular weight is 417 g/mol. The van der Waals surface area contributed by atoms with E-state index in [1.54, 1.807) is 5.57 Å². The maximum Gasteiger partial charge on any atom is 0.167 e. The lowest BCUT2D eigenvalue weighted by atomic mass is 9.47. The van der Waals surface area contributed by atoms with Crippen LogP contribution in [-0.4, -0.2) is 21.7 Å². The lowest BCUT2D eigenvalue weighted by molar-refractivity contribution is -0.132. The molecule has 3 fully saturated rings. The zero-order chi connectivity index (χ0) is 21.2. The summed E-state index contributed by atoms with van der Waals surface area (Å²) < 4.78 is 6.61. The van der Waals surface area contributed by atoms with Crippen LogP contribution in [0.3, 0.4) is 0 Å². The van der Waals surface area contributed by atoms with Gasteiger partial charge in [-0.3, -0.25) is 4.79 Å². The summed E-state index contributed by atoms with van der Waals surface area (Å²) in [5.74, 6) is 3.93. The van der Waals surface area contributed by atoms with E-state index in [2.05, 4.69) is 54.5 Å². The minimum absolute atomic E-state index is 0.0311. The molecule has 29 heavy (non-hydrogen) atoms. The first-order chi connectivity index (χ1) is 13.5. The third-order valence-corrected chi connectivity index (χ3v) is 12.5. The van der Waals surface area contributed by atoms with Gasteiger partial charge in [-0.1, -0.05) is 60.1 Å². The number of Topliss-reactive ketones (excluding diaryl/α,β-unsaturated/α-hetero) is 1. The van der Waals surface area contributed by atoms with Crippen molar-refractivity contribution in [2.75, 3.05) is 0 Å². The number of ketones is 1. The van der Waals surface area contributed by atoms with Crippen LogP contribution in [0.1, 0.15) is 93.4 Å². The molecule has 0 aromatic heterocycles. The molecule has 3 saturated carbocycles. The maximum absolute atomic E-state index is 12.8. The molecule has 0 saturated heterocycles. The van der Waals surface area contributed by atoms with E-state index in [0.29, 0.717) is 40.1 Å². The molecule has 4 rings (SSSR count). The Morgan fingerprint density at radius 1 is 1.14 bits per heavy atom. The molecule has 3 heteroatoms. The topological polar surface area (TPSA) is 26.3 Å². The smallest absolute Gasteiger partial charge is 0.167 e. The van der Waals surface area contributed by atoms with Crippen molar-refractivity contribution < 1.29 is 9.22 Å². The van der Waals surface area contributed by atoms with Crippen LogP contribution < -0.4 is 0 Å². The predicted molar refractivity (Wildman–Crippen MR) is 124 cm³/mol. The molecule has 0 amide bonds. The first kappa shape index (κ1) is 21.8. The highest BCUT2D eigenvalue weighted by Crippen LogP contribution is 2.65. The Morgan fingerprint density at radius 2 is 1.83 bits per heavy atom. The van der Waals surface area contributed by atoms with Gasteiger partial charge in [-0.05, 0) is 78.6 Å². The molecule has 0 unspecified atom stereocenters. The Morgan fingerprint density at radius 3 is 2.52 bits per heavy atom. The number of hydrogen-bond acceptors (Lipinski definition) is 2. The first-order valence-electron chi connectivity index (χ1n) is 12.3. The maximum atomic E-state index is 12.8. The molecule has 2 nitrogen and oxygen atoms in total. The number of allylic oxidation sites excluding steroid dienone is 1. The molecule has 0 bridgehead atoms. The monoisotopic (exact) mass is 416 g/mol. The molecule has 0 spiro atoms. The number of fused-ring (bicyclic) bond motifs is 5. The van der Waals surface area contributed by atoms with E-state index < -0.39 is 9.76 Å². The highest BCUT2D eigenvalue weighted by molar-refractivity contribution is 6.32. The number of carbonyl (C=O) groups excluding carboxylic acids is 1. The average Bonchev–Trinajstić information content (AvgIpc) is 2.88. The Balaban J connectivity index is 1.50. The minimum atomic E-state index is -0.526. The largest absolute Gasteiger partial charge is 0.420 e. The van der Waals surface area contributed by atoms with Gasteiger partial charge in [0.05, 0.1) is 0 Å². The van der Waals surface area contributed by atoms with Crippen molar-refractivity contribution in [1.29, 1.82) is 0 Å². The van der Waals surface area contributed by atoms with Crippen molar-refractivity contribution in [3.8, 4) is 0 Å². The van der Waals surface area contributed by atoms with Crippen LogP contribution in [-0.2, 0) is 9.22 Å². The molecule has 0 radical (unpaired) electrons. The van der Waals surface area contributed by atoms with Crippen LogP contribution in [0.4, 0.5) is 0 Å². The lowest BCUT2D eigenvalue weighted by Gasteiger charge is -2.57. The molecule has 164 valence electrons. The zero-order valence-corrected chi connectivity index (χ0v) is 21.4. The summed E-state index contributed by atoms with van der Waals surface area (Å²) in [4.78, 5) is 12.8. The summed E-state index contributed by atoms with van der Waals surface area (Å²) in [6.45, 7) is 16.7. The van der Waals surface area contributed by atoms with E-state index in [-0.39, 0.29) is 5.41 Å². The highest BCUT2D eigenvalue weighted by Gasteiger charge is 2.60. The fourth-order valence-electron chi connectivity index (χ4n) is 7.55. The zero-order valence-electron chi connectivity index (χ0n) is 20.0. The van der Waals surface area contributed by atoms with Crippen molar-refractivity contribution in [3.63, 3.8) is 0 Å². The van der Waals surface area contributed by atoms with E-state index in [9.17, 15) is 4.79 Å². The van der Waals surface area contributed by atoms with Gasteiger partial charge in [-0.15, -0.1) is 0 Å². The van der Waals surface area contributed by atoms with E-state index in [1.165, 1.54) is 25.7 Å². The van der Waals surface area contributed by atoms with Crippen LogP contribution in [0.25, 0.3) is 0 Å². The van der Waals surface area contributed by atoms with Crippen LogP contribution in [0.2, 0.25) is 5.04 Å². The predicted octanol–water partition coefficient (Wildman–Crippen LogP) is 6.09. The van der Waals surface area contributed by atoms with Gasteiger partial charge in [0.1, 0.15) is 5.78 Å². The fourth-order valence-corrected chi connectivity index (χ4v) is 8.83. The van der Waals surface area contributed by atoms with Gasteiger partial charge >= 0.3 is 0 Å². The molecule has 0 aromatic rings. The minimum Gasteiger partial charge on any atom is -0.420 e. The fraction of sp³-hybridized carbons (Fsp3) is 0.885. The standard InChI is InChI=1S/C26H44O2Si/c1-16(2)24(4,5)29-28-19-10-12-25(6)18(15-19)8-9-20-21(25)11-13-26(7)22(27)14-17(3)23(20)26/h8,16-17,19-21,23H,9-15,29H2,1-7H3/t17-,19+,20-,21+,23+,25+,26-/m1/s1. The third kappa shape index (κ3) is 3.43. The van der Waals surface area contributed by atoms with Crippen molar-refractivity contribution >= 4 is 15.5 Å². The van der Waals surface area contributed by atoms with Crippen molar-refractivity contribution in [2.24, 2.45) is 40.4 Å². The van der Waals surface area contributed by atoms with E-state index in [4.69, 9.17) is 4.43 Å². The molecule has 4 aliphatic rings. The highest BCUT2D eigenvalue weighted by atomic mass is 28.2. The number of hydrogen-bond donors (Lipinski definition) is 0. The second-order valence-corrected chi connectivity index (χ2v) is 15.0. The van der Waals surface area contributed by atoms with Crippen LogP contribution in [0.5, 0.6) is 0 Å². The second-order valence-electron chi connectivity index (χ2n) is 12.6. The summed E-state index contributed by atoms with van der Waals surface area (Å²) >= 11 is 0. The summed E-state index contributed by atoms with van der Waals surface area (Å²) in [6.07, 6.45) is 11.1. The van der Waals surface area contributed by atoms with Gasteiger partial charge in [-0.2, -0.15) is 0 Å². The van der Waals surface area contributed by atoms with E-state index >= 15 is 0 Å². The van der Waals surface area contributed by atoms with Gasteiger partial charge in [0.15, 0.2) is 9.76 Å². The SMILES string of the molecule is CC(C)C(C)(C)[SiH2]O[C@H]1CC[C@@]2(C)C(=CC[C@H]3[C@@H]4[C@H](C)CC(=O)[C@@]4(C)CC[C@@H]32)C1. The molecular formula is C26H44O2Si. The van der Waals surface area contributed by atoms with Crippen molar-refractivity contribution in [2.45, 2.75) is 105 Å². The first-order valence-corrected chi connectivity index (χ1v) is 13.6. The van der Waals surface area contributed by atoms with Gasteiger partial charge < -0.3 is 4.43 Å². The van der Waals surface area contributed by atoms with Gasteiger partial charge in [0, 0.05) is 17.9 Å².